The van der Waals surface area contributed by atoms with Gasteiger partial charge in [-0.25, -0.2) is 0 Å². The number of rotatable bonds is 7. The van der Waals surface area contributed by atoms with Gasteiger partial charge in [-0.1, -0.05) is 115 Å². The fourth-order valence-corrected chi connectivity index (χ4v) is 9.97. The molecule has 1 heteroatoms. The van der Waals surface area contributed by atoms with Gasteiger partial charge in [-0.05, 0) is 47.5 Å². The molecule has 0 nitrogen and oxygen atoms in total. The Morgan fingerprint density at radius 2 is 0.727 bits per heavy atom. The maximum absolute atomic E-state index is 2.34. The van der Waals surface area contributed by atoms with Crippen molar-refractivity contribution in [2.45, 2.75) is 12.1 Å². The highest BCUT2D eigenvalue weighted by atomic mass is 31.2. The lowest BCUT2D eigenvalue weighted by Crippen LogP contribution is -2.36. The molecule has 0 N–H and O–H groups in total. The predicted molar refractivity (Wildman–Crippen MR) is 144 cm³/mol. The van der Waals surface area contributed by atoms with E-state index in [4.69, 9.17) is 0 Å². The second kappa shape index (κ2) is 9.99. The molecule has 5 rings (SSSR count). The van der Waals surface area contributed by atoms with Crippen LogP contribution in [0, 0.1) is 0 Å². The minimum absolute atomic E-state index is 0.313. The second-order valence-corrected chi connectivity index (χ2v) is 12.0. The van der Waals surface area contributed by atoms with Gasteiger partial charge >= 0.3 is 0 Å². The molecule has 33 heavy (non-hydrogen) atoms. The van der Waals surface area contributed by atoms with Crippen molar-refractivity contribution in [3.8, 4) is 0 Å². The van der Waals surface area contributed by atoms with Crippen molar-refractivity contribution in [1.29, 1.82) is 0 Å². The molecule has 5 aromatic carbocycles. The van der Waals surface area contributed by atoms with E-state index in [0.717, 1.165) is 6.42 Å². The van der Waals surface area contributed by atoms with E-state index in [1.165, 1.54) is 27.0 Å². The molecule has 0 aliphatic rings. The van der Waals surface area contributed by atoms with E-state index in [-0.39, 0.29) is 0 Å². The predicted octanol–water partition coefficient (Wildman–Crippen LogP) is 6.96. The van der Waals surface area contributed by atoms with E-state index in [1.807, 2.05) is 0 Å². The van der Waals surface area contributed by atoms with Crippen LogP contribution < -0.4 is 15.9 Å². The summed E-state index contributed by atoms with van der Waals surface area (Å²) < 4.78 is 0. The Balaban J connectivity index is 1.86. The smallest absolute Gasteiger partial charge is 0.0622 e. The zero-order chi connectivity index (χ0) is 22.3. The molecule has 0 radical (unpaired) electrons. The molecule has 1 atom stereocenters. The van der Waals surface area contributed by atoms with Gasteiger partial charge in [-0.2, -0.15) is 0 Å². The van der Waals surface area contributed by atoms with E-state index in [9.17, 15) is 0 Å². The Morgan fingerprint density at radius 1 is 0.394 bits per heavy atom. The molecule has 0 fully saturated rings. The fourth-order valence-electron chi connectivity index (χ4n) is 4.97. The summed E-state index contributed by atoms with van der Waals surface area (Å²) in [5.74, 6) is 0. The molecule has 0 aliphatic carbocycles. The monoisotopic (exact) mass is 443 g/mol. The van der Waals surface area contributed by atoms with Crippen molar-refractivity contribution >= 4 is 23.2 Å². The first kappa shape index (κ1) is 21.4. The van der Waals surface area contributed by atoms with Gasteiger partial charge in [-0.3, -0.25) is 0 Å². The quantitative estimate of drug-likeness (QED) is 0.238. The molecular weight excluding hydrogens is 415 g/mol. The van der Waals surface area contributed by atoms with Crippen LogP contribution in [0.2, 0.25) is 0 Å². The molecule has 5 aromatic rings. The molecule has 0 aromatic heterocycles. The largest absolute Gasteiger partial charge is 0.119 e. The zero-order valence-corrected chi connectivity index (χ0v) is 19.6. The highest BCUT2D eigenvalue weighted by Crippen LogP contribution is 2.67. The highest BCUT2D eigenvalue weighted by molar-refractivity contribution is 7.96. The molecule has 0 bridgehead atoms. The van der Waals surface area contributed by atoms with Gasteiger partial charge in [0.25, 0.3) is 0 Å². The van der Waals surface area contributed by atoms with Crippen molar-refractivity contribution in [3.05, 3.63) is 163 Å². The topological polar surface area (TPSA) is 0 Å². The van der Waals surface area contributed by atoms with Crippen LogP contribution in [0.3, 0.4) is 0 Å². The van der Waals surface area contributed by atoms with Gasteiger partial charge in [0.05, 0.1) is 0 Å². The lowest BCUT2D eigenvalue weighted by atomic mass is 10.0. The van der Waals surface area contributed by atoms with E-state index < -0.39 is 7.26 Å². The van der Waals surface area contributed by atoms with Gasteiger partial charge < -0.3 is 0 Å². The van der Waals surface area contributed by atoms with Crippen LogP contribution >= 0.6 is 7.26 Å². The summed E-state index contributed by atoms with van der Waals surface area (Å²) in [6, 6.07) is 55.7. The van der Waals surface area contributed by atoms with Crippen LogP contribution in [0.25, 0.3) is 0 Å². The average molecular weight is 444 g/mol. The van der Waals surface area contributed by atoms with Crippen LogP contribution in [0.15, 0.2) is 152 Å². The molecular formula is C32H28P+. The Labute approximate surface area is 197 Å². The Morgan fingerprint density at radius 3 is 1.12 bits per heavy atom. The minimum Gasteiger partial charge on any atom is -0.0622 e. The van der Waals surface area contributed by atoms with E-state index in [2.05, 4.69) is 152 Å². The first-order chi connectivity index (χ1) is 16.4. The normalized spacial score (nSPS) is 12.2. The summed E-state index contributed by atoms with van der Waals surface area (Å²) in [7, 11) is -2.05. The van der Waals surface area contributed by atoms with Crippen molar-refractivity contribution in [1.82, 2.24) is 0 Å². The van der Waals surface area contributed by atoms with E-state index >= 15 is 0 Å². The standard InChI is InChI=1S/C32H28P/c1-6-16-27(17-7-1)26-32(28-18-8-2-9-19-28)33(29-20-10-3-11-21-29,30-22-12-4-13-23-30)31-24-14-5-15-25-31/h1-25,32H,26H2/q+1/t32-/m1/s1. The molecule has 0 amide bonds. The summed E-state index contributed by atoms with van der Waals surface area (Å²) in [6.07, 6.45) is 0.983. The third-order valence-corrected chi connectivity index (χ3v) is 11.2. The summed E-state index contributed by atoms with van der Waals surface area (Å²) >= 11 is 0. The summed E-state index contributed by atoms with van der Waals surface area (Å²) in [5.41, 5.74) is 3.08. The van der Waals surface area contributed by atoms with Crippen LogP contribution in [-0.4, -0.2) is 0 Å². The van der Waals surface area contributed by atoms with Crippen LogP contribution in [0.1, 0.15) is 16.8 Å². The Kier molecular flexibility index (Phi) is 6.47. The Bertz CT molecular complexity index is 1150. The van der Waals surface area contributed by atoms with Crippen LogP contribution in [-0.2, 0) is 6.42 Å². The van der Waals surface area contributed by atoms with Crippen LogP contribution in [0.5, 0.6) is 0 Å². The van der Waals surface area contributed by atoms with E-state index in [0.29, 0.717) is 5.66 Å². The number of benzene rings is 5. The molecule has 0 unspecified atom stereocenters. The lowest BCUT2D eigenvalue weighted by Gasteiger charge is -2.35. The second-order valence-electron chi connectivity index (χ2n) is 8.35. The zero-order valence-electron chi connectivity index (χ0n) is 18.7. The van der Waals surface area contributed by atoms with Gasteiger partial charge in [-0.15, -0.1) is 0 Å². The SMILES string of the molecule is c1ccc(C[C@H](c2ccccc2)[P+](c2ccccc2)(c2ccccc2)c2ccccc2)cc1. The first-order valence-corrected chi connectivity index (χ1v) is 13.4. The highest BCUT2D eigenvalue weighted by Gasteiger charge is 2.52. The fraction of sp³-hybridized carbons (Fsp3) is 0.0625. The van der Waals surface area contributed by atoms with Gasteiger partial charge in [0.1, 0.15) is 28.8 Å². The maximum Gasteiger partial charge on any atom is 0.119 e. The van der Waals surface area contributed by atoms with E-state index in [1.54, 1.807) is 0 Å². The van der Waals surface area contributed by atoms with Gasteiger partial charge in [0.15, 0.2) is 0 Å². The van der Waals surface area contributed by atoms with Gasteiger partial charge in [0.2, 0.25) is 0 Å². The molecule has 0 saturated heterocycles. The summed E-state index contributed by atoms with van der Waals surface area (Å²) in [4.78, 5) is 0. The van der Waals surface area contributed by atoms with Crippen molar-refractivity contribution in [2.75, 3.05) is 0 Å². The number of hydrogen-bond acceptors (Lipinski definition) is 0. The van der Waals surface area contributed by atoms with Crippen molar-refractivity contribution in [2.24, 2.45) is 0 Å². The summed E-state index contributed by atoms with van der Waals surface area (Å²) in [6.45, 7) is 0. The molecule has 160 valence electrons. The molecule has 0 saturated carbocycles. The van der Waals surface area contributed by atoms with Crippen molar-refractivity contribution < 1.29 is 0 Å². The van der Waals surface area contributed by atoms with Crippen molar-refractivity contribution in [3.63, 3.8) is 0 Å². The summed E-state index contributed by atoms with van der Waals surface area (Å²) in [5, 5.41) is 4.27. The average Bonchev–Trinajstić information content (AvgIpc) is 2.91. The minimum atomic E-state index is -2.05. The molecule has 0 aliphatic heterocycles. The number of hydrogen-bond donors (Lipinski definition) is 0. The lowest BCUT2D eigenvalue weighted by molar-refractivity contribution is 0.918. The van der Waals surface area contributed by atoms with Crippen LogP contribution in [0.4, 0.5) is 0 Å². The third kappa shape index (κ3) is 4.28. The first-order valence-electron chi connectivity index (χ1n) is 11.5. The Hall–Kier alpha value is -3.47. The molecule has 0 spiro atoms. The third-order valence-electron chi connectivity index (χ3n) is 6.41. The molecule has 0 heterocycles. The van der Waals surface area contributed by atoms with Gasteiger partial charge in [0, 0.05) is 6.42 Å². The maximum atomic E-state index is 2.34.